The quantitative estimate of drug-likeness (QED) is 0.809. The first kappa shape index (κ1) is 14.2. The first-order valence-electron chi connectivity index (χ1n) is 6.41. The Bertz CT molecular complexity index is 435. The molecule has 2 aliphatic carbocycles. The Kier molecular flexibility index (Phi) is 3.26. The fourth-order valence-electron chi connectivity index (χ4n) is 4.21. The van der Waals surface area contributed by atoms with Gasteiger partial charge in [-0.05, 0) is 41.9 Å². The molecule has 2 saturated carbocycles. The maximum atomic E-state index is 13.5. The maximum Gasteiger partial charge on any atom is 0.370 e. The minimum absolute atomic E-state index is 0.105. The van der Waals surface area contributed by atoms with Crippen molar-refractivity contribution in [3.8, 4) is 0 Å². The predicted molar refractivity (Wildman–Crippen MR) is 63.7 cm³/mol. The Morgan fingerprint density at radius 3 is 2.06 bits per heavy atom. The molecule has 6 heteroatoms. The number of rotatable bonds is 3. The third-order valence-electron chi connectivity index (χ3n) is 5.48. The highest BCUT2D eigenvalue weighted by Crippen LogP contribution is 2.60. The van der Waals surface area contributed by atoms with Crippen LogP contribution in [0.4, 0.5) is 8.78 Å². The number of hydrogen-bond acceptors (Lipinski definition) is 2. The third-order valence-corrected chi connectivity index (χ3v) is 6.40. The minimum Gasteiger partial charge on any atom is -0.281 e. The topological polar surface area (TPSA) is 54.4 Å². The Morgan fingerprint density at radius 2 is 1.61 bits per heavy atom. The van der Waals surface area contributed by atoms with Gasteiger partial charge in [-0.2, -0.15) is 17.2 Å². The number of alkyl halides is 2. The normalized spacial score (nSPS) is 44.6. The van der Waals surface area contributed by atoms with E-state index in [0.29, 0.717) is 17.8 Å². The van der Waals surface area contributed by atoms with E-state index in [1.807, 2.05) is 6.92 Å². The molecule has 2 aliphatic rings. The lowest BCUT2D eigenvalue weighted by Gasteiger charge is -2.37. The summed E-state index contributed by atoms with van der Waals surface area (Å²) >= 11 is 0. The Balaban J connectivity index is 2.18. The number of fused-ring (bicyclic) bond motifs is 2. The molecule has 2 rings (SSSR count). The Labute approximate surface area is 107 Å². The lowest BCUT2D eigenvalue weighted by molar-refractivity contribution is 0.0134. The van der Waals surface area contributed by atoms with E-state index < -0.39 is 21.8 Å². The molecule has 0 aromatic heterocycles. The maximum absolute atomic E-state index is 13.5. The summed E-state index contributed by atoms with van der Waals surface area (Å²) in [5.74, 6) is 1.24. The molecule has 0 aliphatic heterocycles. The van der Waals surface area contributed by atoms with Crippen LogP contribution < -0.4 is 0 Å². The van der Waals surface area contributed by atoms with Gasteiger partial charge in [0, 0.05) is 6.42 Å². The molecule has 0 aromatic carbocycles. The van der Waals surface area contributed by atoms with Crippen molar-refractivity contribution in [2.24, 2.45) is 35.5 Å². The highest BCUT2D eigenvalue weighted by atomic mass is 32.2. The largest absolute Gasteiger partial charge is 0.370 e. The molecule has 6 atom stereocenters. The van der Waals surface area contributed by atoms with Gasteiger partial charge in [-0.1, -0.05) is 20.8 Å². The van der Waals surface area contributed by atoms with Gasteiger partial charge in [0.1, 0.15) is 0 Å². The van der Waals surface area contributed by atoms with Gasteiger partial charge in [-0.25, -0.2) is 0 Å². The molecule has 6 unspecified atom stereocenters. The van der Waals surface area contributed by atoms with E-state index in [4.69, 9.17) is 4.55 Å². The molecule has 3 nitrogen and oxygen atoms in total. The van der Waals surface area contributed by atoms with Crippen LogP contribution >= 0.6 is 0 Å². The van der Waals surface area contributed by atoms with Crippen molar-refractivity contribution in [1.82, 2.24) is 0 Å². The van der Waals surface area contributed by atoms with E-state index in [0.717, 1.165) is 6.42 Å². The van der Waals surface area contributed by atoms with Gasteiger partial charge in [-0.3, -0.25) is 4.55 Å². The van der Waals surface area contributed by atoms with Gasteiger partial charge in [0.25, 0.3) is 0 Å². The molecule has 2 bridgehead atoms. The van der Waals surface area contributed by atoms with Gasteiger partial charge in [0.05, 0.1) is 0 Å². The molecule has 0 heterocycles. The van der Waals surface area contributed by atoms with E-state index in [1.54, 1.807) is 0 Å². The van der Waals surface area contributed by atoms with Crippen molar-refractivity contribution in [2.45, 2.75) is 38.9 Å². The van der Waals surface area contributed by atoms with Crippen molar-refractivity contribution in [3.05, 3.63) is 0 Å². The smallest absolute Gasteiger partial charge is 0.281 e. The molecule has 0 saturated heterocycles. The molecule has 2 fully saturated rings. The van der Waals surface area contributed by atoms with Gasteiger partial charge in [0.2, 0.25) is 0 Å². The zero-order valence-corrected chi connectivity index (χ0v) is 11.6. The molecule has 0 aromatic rings. The highest BCUT2D eigenvalue weighted by molar-refractivity contribution is 7.86. The van der Waals surface area contributed by atoms with Crippen molar-refractivity contribution in [3.63, 3.8) is 0 Å². The van der Waals surface area contributed by atoms with E-state index in [9.17, 15) is 17.2 Å². The molecular weight excluding hydrogens is 262 g/mol. The van der Waals surface area contributed by atoms with Crippen molar-refractivity contribution in [2.75, 3.05) is 0 Å². The highest BCUT2D eigenvalue weighted by Gasteiger charge is 2.57. The summed E-state index contributed by atoms with van der Waals surface area (Å²) in [4.78, 5) is 0. The van der Waals surface area contributed by atoms with Gasteiger partial charge < -0.3 is 0 Å². The molecule has 0 spiro atoms. The second-order valence-corrected chi connectivity index (χ2v) is 7.67. The van der Waals surface area contributed by atoms with E-state index in [2.05, 4.69) is 13.8 Å². The molecule has 0 amide bonds. The molecule has 1 N–H and O–H groups in total. The summed E-state index contributed by atoms with van der Waals surface area (Å²) in [5.41, 5.74) is 0. The summed E-state index contributed by atoms with van der Waals surface area (Å²) in [6.07, 6.45) is 0.168. The lowest BCUT2D eigenvalue weighted by atomic mass is 9.69. The van der Waals surface area contributed by atoms with Crippen LogP contribution in [0.2, 0.25) is 0 Å². The van der Waals surface area contributed by atoms with Crippen LogP contribution in [0.15, 0.2) is 0 Å². The summed E-state index contributed by atoms with van der Waals surface area (Å²) in [5, 5.41) is -4.01. The monoisotopic (exact) mass is 282 g/mol. The molecule has 106 valence electrons. The summed E-state index contributed by atoms with van der Waals surface area (Å²) in [6.45, 7) is 6.13. The van der Waals surface area contributed by atoms with Gasteiger partial charge in [-0.15, -0.1) is 0 Å². The van der Waals surface area contributed by atoms with Crippen molar-refractivity contribution >= 4 is 10.1 Å². The van der Waals surface area contributed by atoms with Gasteiger partial charge >= 0.3 is 15.4 Å². The average Bonchev–Trinajstić information content (AvgIpc) is 2.66. The molecule has 18 heavy (non-hydrogen) atoms. The zero-order valence-electron chi connectivity index (χ0n) is 10.8. The first-order valence-corrected chi connectivity index (χ1v) is 7.85. The zero-order chi connectivity index (χ0) is 13.9. The second-order valence-electron chi connectivity index (χ2n) is 6.12. The average molecular weight is 282 g/mol. The van der Waals surface area contributed by atoms with Crippen molar-refractivity contribution < 1.29 is 21.8 Å². The Hall–Kier alpha value is -0.230. The standard InChI is InChI=1S/C12H20F2O3S/c1-6-7(2)10-4-9(6)8(3)11(10)5-12(13,14)18(15,16)17/h6-11H,4-5H2,1-3H3,(H,15,16,17). The fraction of sp³-hybridized carbons (Fsp3) is 1.00. The van der Waals surface area contributed by atoms with E-state index in [-0.39, 0.29) is 17.8 Å². The number of halogens is 2. The first-order chi connectivity index (χ1) is 8.06. The number of hydrogen-bond donors (Lipinski definition) is 1. The van der Waals surface area contributed by atoms with Crippen LogP contribution in [0.25, 0.3) is 0 Å². The van der Waals surface area contributed by atoms with Crippen LogP contribution in [-0.4, -0.2) is 18.2 Å². The lowest BCUT2D eigenvalue weighted by Crippen LogP contribution is -2.38. The molecular formula is C12H20F2O3S. The van der Waals surface area contributed by atoms with Crippen LogP contribution in [0.1, 0.15) is 33.6 Å². The fourth-order valence-corrected chi connectivity index (χ4v) is 4.61. The minimum atomic E-state index is -5.29. The van der Waals surface area contributed by atoms with Gasteiger partial charge in [0.15, 0.2) is 0 Å². The van der Waals surface area contributed by atoms with E-state index >= 15 is 0 Å². The summed E-state index contributed by atoms with van der Waals surface area (Å²) in [7, 11) is -5.29. The molecule has 0 radical (unpaired) electrons. The van der Waals surface area contributed by atoms with Crippen LogP contribution in [0.3, 0.4) is 0 Å². The van der Waals surface area contributed by atoms with Crippen LogP contribution in [-0.2, 0) is 10.1 Å². The van der Waals surface area contributed by atoms with Crippen molar-refractivity contribution in [1.29, 1.82) is 0 Å². The summed E-state index contributed by atoms with van der Waals surface area (Å²) < 4.78 is 56.9. The Morgan fingerprint density at radius 1 is 1.11 bits per heavy atom. The van der Waals surface area contributed by atoms with Crippen LogP contribution in [0.5, 0.6) is 0 Å². The SMILES string of the molecule is CC1C(C)C2CC1C(C)C2CC(F)(F)S(=O)(=O)O. The summed E-state index contributed by atoms with van der Waals surface area (Å²) in [6, 6.07) is 0. The predicted octanol–water partition coefficient (Wildman–Crippen LogP) is 3.03. The third kappa shape index (κ3) is 1.97. The second kappa shape index (κ2) is 4.13. The van der Waals surface area contributed by atoms with Crippen LogP contribution in [0, 0.1) is 35.5 Å². The van der Waals surface area contributed by atoms with E-state index in [1.165, 1.54) is 0 Å².